The van der Waals surface area contributed by atoms with E-state index < -0.39 is 5.97 Å². The number of rotatable bonds is 10. The highest BCUT2D eigenvalue weighted by Crippen LogP contribution is 2.28. The van der Waals surface area contributed by atoms with Gasteiger partial charge in [0.2, 0.25) is 0 Å². The number of aromatic nitrogens is 1. The van der Waals surface area contributed by atoms with Gasteiger partial charge in [0.25, 0.3) is 11.5 Å². The molecule has 1 aliphatic rings. The van der Waals surface area contributed by atoms with E-state index in [9.17, 15) is 14.9 Å². The molecular weight excluding hydrogens is 386 g/mol. The molecule has 0 aromatic carbocycles. The molecule has 1 aromatic rings. The molecule has 9 heteroatoms. The Hall–Kier alpha value is -2.83. The largest absolute Gasteiger partial charge is 0.481 e. The Labute approximate surface area is 165 Å². The van der Waals surface area contributed by atoms with Crippen molar-refractivity contribution in [3.05, 3.63) is 57.0 Å². The number of aliphatic carboxylic acids is 1. The lowest BCUT2D eigenvalue weighted by molar-refractivity contribution is -0.692. The number of hydrogen-bond acceptors (Lipinski definition) is 7. The van der Waals surface area contributed by atoms with Crippen molar-refractivity contribution in [1.29, 1.82) is 5.26 Å². The number of nitrogens with zero attached hydrogens (tertiary/aromatic N) is 3. The second-order valence-electron chi connectivity index (χ2n) is 5.21. The molecular formula is C18H18N3O4S2+. The third-order valence-electron chi connectivity index (χ3n) is 3.45. The zero-order valence-electron chi connectivity index (χ0n) is 14.4. The SMILES string of the molecule is N#CC(=C\C=C1/SC=CN1CCOC=O)/C=C/c1scc[n+]1CCC(=O)O. The Bertz CT molecular complexity index is 834. The average molecular weight is 404 g/mol. The summed E-state index contributed by atoms with van der Waals surface area (Å²) in [5.41, 5.74) is 0.470. The molecule has 2 rings (SSSR count). The number of carbonyl (C=O) groups is 2. The van der Waals surface area contributed by atoms with Gasteiger partial charge in [-0.3, -0.25) is 9.59 Å². The van der Waals surface area contributed by atoms with Crippen molar-refractivity contribution in [2.45, 2.75) is 13.0 Å². The summed E-state index contributed by atoms with van der Waals surface area (Å²) in [6.45, 7) is 1.63. The molecule has 0 atom stereocenters. The first-order chi connectivity index (χ1) is 13.1. The van der Waals surface area contributed by atoms with Gasteiger partial charge in [0, 0.05) is 12.3 Å². The number of aryl methyl sites for hydroxylation is 1. The van der Waals surface area contributed by atoms with Crippen molar-refractivity contribution in [2.75, 3.05) is 13.2 Å². The Morgan fingerprint density at radius 2 is 2.33 bits per heavy atom. The average Bonchev–Trinajstić information content (AvgIpc) is 3.29. The van der Waals surface area contributed by atoms with Crippen LogP contribution in [0.3, 0.4) is 0 Å². The molecule has 0 bridgehead atoms. The van der Waals surface area contributed by atoms with Gasteiger partial charge in [-0.15, -0.1) is 0 Å². The Morgan fingerprint density at radius 3 is 3.07 bits per heavy atom. The molecule has 0 fully saturated rings. The fourth-order valence-electron chi connectivity index (χ4n) is 2.14. The van der Waals surface area contributed by atoms with E-state index in [-0.39, 0.29) is 13.0 Å². The van der Waals surface area contributed by atoms with Crippen molar-refractivity contribution in [2.24, 2.45) is 0 Å². The fraction of sp³-hybridized carbons (Fsp3) is 0.222. The van der Waals surface area contributed by atoms with Gasteiger partial charge in [-0.25, -0.2) is 0 Å². The maximum atomic E-state index is 10.7. The van der Waals surface area contributed by atoms with E-state index in [0.717, 1.165) is 10.0 Å². The van der Waals surface area contributed by atoms with Crippen LogP contribution < -0.4 is 4.57 Å². The molecule has 27 heavy (non-hydrogen) atoms. The number of allylic oxidation sites excluding steroid dienone is 4. The summed E-state index contributed by atoms with van der Waals surface area (Å²) in [6.07, 6.45) is 10.8. The minimum atomic E-state index is -0.848. The topological polar surface area (TPSA) is 94.5 Å². The predicted octanol–water partition coefficient (Wildman–Crippen LogP) is 2.51. The normalized spacial score (nSPS) is 15.4. The van der Waals surface area contributed by atoms with E-state index in [2.05, 4.69) is 6.07 Å². The molecule has 0 saturated carbocycles. The molecule has 0 aliphatic carbocycles. The number of ether oxygens (including phenoxy) is 1. The van der Waals surface area contributed by atoms with Crippen molar-refractivity contribution < 1.29 is 24.0 Å². The second kappa shape index (κ2) is 11.0. The molecule has 1 aromatic heterocycles. The summed E-state index contributed by atoms with van der Waals surface area (Å²) in [4.78, 5) is 22.9. The van der Waals surface area contributed by atoms with Crippen molar-refractivity contribution in [3.63, 3.8) is 0 Å². The van der Waals surface area contributed by atoms with Gasteiger partial charge in [-0.05, 0) is 23.6 Å². The van der Waals surface area contributed by atoms with Gasteiger partial charge in [0.1, 0.15) is 13.0 Å². The van der Waals surface area contributed by atoms with Gasteiger partial charge < -0.3 is 14.7 Å². The summed E-state index contributed by atoms with van der Waals surface area (Å²) in [5, 5.41) is 23.7. The van der Waals surface area contributed by atoms with E-state index >= 15 is 0 Å². The maximum Gasteiger partial charge on any atom is 0.309 e. The minimum absolute atomic E-state index is 0.0448. The van der Waals surface area contributed by atoms with Crippen LogP contribution in [0.2, 0.25) is 0 Å². The zero-order chi connectivity index (χ0) is 19.5. The highest BCUT2D eigenvalue weighted by molar-refractivity contribution is 8.06. The van der Waals surface area contributed by atoms with Gasteiger partial charge in [0.05, 0.1) is 28.6 Å². The van der Waals surface area contributed by atoms with Gasteiger partial charge in [0.15, 0.2) is 12.7 Å². The molecule has 0 radical (unpaired) electrons. The number of carboxylic acid groups (broad SMARTS) is 1. The summed E-state index contributed by atoms with van der Waals surface area (Å²) in [5.74, 6) is -0.848. The number of carboxylic acids is 1. The predicted molar refractivity (Wildman–Crippen MR) is 103 cm³/mol. The van der Waals surface area contributed by atoms with Crippen LogP contribution in [0.15, 0.2) is 52.0 Å². The number of hydrogen-bond donors (Lipinski definition) is 1. The molecule has 0 amide bonds. The summed E-state index contributed by atoms with van der Waals surface area (Å²) < 4.78 is 6.55. The lowest BCUT2D eigenvalue weighted by atomic mass is 10.2. The van der Waals surface area contributed by atoms with Gasteiger partial charge in [-0.2, -0.15) is 9.83 Å². The summed E-state index contributed by atoms with van der Waals surface area (Å²) in [6, 6.07) is 2.14. The molecule has 1 N–H and O–H groups in total. The summed E-state index contributed by atoms with van der Waals surface area (Å²) >= 11 is 2.99. The second-order valence-corrected chi connectivity index (χ2v) is 7.07. The third-order valence-corrected chi connectivity index (χ3v) is 5.19. The minimum Gasteiger partial charge on any atom is -0.481 e. The molecule has 0 unspecified atom stereocenters. The highest BCUT2D eigenvalue weighted by atomic mass is 32.2. The first-order valence-electron chi connectivity index (χ1n) is 7.98. The van der Waals surface area contributed by atoms with Crippen LogP contribution in [-0.4, -0.2) is 35.6 Å². The lowest BCUT2D eigenvalue weighted by Crippen LogP contribution is -2.34. The van der Waals surface area contributed by atoms with E-state index in [1.807, 2.05) is 38.7 Å². The van der Waals surface area contributed by atoms with Crippen LogP contribution in [0.1, 0.15) is 11.4 Å². The summed E-state index contributed by atoms with van der Waals surface area (Å²) in [7, 11) is 0. The molecule has 2 heterocycles. The number of thioether (sulfide) groups is 1. The maximum absolute atomic E-state index is 10.7. The fourth-order valence-corrected chi connectivity index (χ4v) is 3.70. The first-order valence-corrected chi connectivity index (χ1v) is 9.74. The number of nitriles is 1. The molecule has 1 aliphatic heterocycles. The van der Waals surface area contributed by atoms with E-state index in [1.165, 1.54) is 23.1 Å². The Kier molecular flexibility index (Phi) is 8.35. The lowest BCUT2D eigenvalue weighted by Gasteiger charge is -2.15. The molecule has 0 spiro atoms. The monoisotopic (exact) mass is 404 g/mol. The number of thiazole rings is 1. The number of carbonyl (C=O) groups excluding carboxylic acids is 1. The smallest absolute Gasteiger partial charge is 0.309 e. The Morgan fingerprint density at radius 1 is 1.48 bits per heavy atom. The van der Waals surface area contributed by atoms with Crippen LogP contribution in [-0.2, 0) is 20.9 Å². The van der Waals surface area contributed by atoms with E-state index in [4.69, 9.17) is 9.84 Å². The van der Waals surface area contributed by atoms with Crippen LogP contribution in [0.5, 0.6) is 0 Å². The standard InChI is InChI=1S/C18H17N3O4S2/c19-13-15(1-3-16-20(8-11-26-16)6-5-18(23)24)2-4-17-21(9-12-27-17)7-10-25-14-22/h1-4,8-9,11-12,14H,5-7,10H2/p+1. The van der Waals surface area contributed by atoms with Crippen LogP contribution in [0, 0.1) is 11.3 Å². The van der Waals surface area contributed by atoms with Crippen LogP contribution in [0.25, 0.3) is 6.08 Å². The first kappa shape index (κ1) is 20.5. The quantitative estimate of drug-likeness (QED) is 0.210. The van der Waals surface area contributed by atoms with E-state index in [0.29, 0.717) is 25.1 Å². The van der Waals surface area contributed by atoms with Crippen LogP contribution >= 0.6 is 23.1 Å². The molecule has 7 nitrogen and oxygen atoms in total. The van der Waals surface area contributed by atoms with Gasteiger partial charge in [-0.1, -0.05) is 23.1 Å². The zero-order valence-corrected chi connectivity index (χ0v) is 16.0. The van der Waals surface area contributed by atoms with Crippen LogP contribution in [0.4, 0.5) is 0 Å². The molecule has 0 saturated heterocycles. The molecule has 140 valence electrons. The third kappa shape index (κ3) is 6.77. The Balaban J connectivity index is 2.03. The van der Waals surface area contributed by atoms with Gasteiger partial charge >= 0.3 is 5.97 Å². The van der Waals surface area contributed by atoms with E-state index in [1.54, 1.807) is 18.2 Å². The van der Waals surface area contributed by atoms with Crippen molar-refractivity contribution in [3.8, 4) is 6.07 Å². The van der Waals surface area contributed by atoms with Crippen molar-refractivity contribution in [1.82, 2.24) is 4.90 Å². The highest BCUT2D eigenvalue weighted by Gasteiger charge is 2.12. The van der Waals surface area contributed by atoms with Crippen molar-refractivity contribution >= 4 is 41.6 Å².